The Kier molecular flexibility index (Phi) is 10.5. The van der Waals surface area contributed by atoms with Gasteiger partial charge in [0.1, 0.15) is 0 Å². The number of para-hydroxylation sites is 1. The number of halogens is 1. The first-order valence-corrected chi connectivity index (χ1v) is 17.6. The fourth-order valence-electron chi connectivity index (χ4n) is 7.23. The van der Waals surface area contributed by atoms with Crippen molar-refractivity contribution in [3.63, 3.8) is 0 Å². The number of aromatic amines is 1. The smallest absolute Gasteiger partial charge is 0.222 e. The van der Waals surface area contributed by atoms with Gasteiger partial charge in [-0.2, -0.15) is 0 Å². The zero-order valence-electron chi connectivity index (χ0n) is 28.5. The van der Waals surface area contributed by atoms with Crippen LogP contribution >= 0.6 is 15.9 Å². The molecule has 0 radical (unpaired) electrons. The Balaban J connectivity index is 1.12. The number of rotatable bonds is 11. The summed E-state index contributed by atoms with van der Waals surface area (Å²) in [4.78, 5) is 44.4. The fourth-order valence-corrected chi connectivity index (χ4v) is 7.69. The number of fused-ring (bicyclic) bond motifs is 6. The van der Waals surface area contributed by atoms with Gasteiger partial charge in [-0.3, -0.25) is 14.4 Å². The van der Waals surface area contributed by atoms with Crippen LogP contribution in [0.2, 0.25) is 0 Å². The molecule has 0 unspecified atom stereocenters. The average molecular weight is 732 g/mol. The average Bonchev–Trinajstić information content (AvgIpc) is 3.32. The Bertz CT molecular complexity index is 1960. The van der Waals surface area contributed by atoms with Crippen LogP contribution < -0.4 is 30.3 Å². The van der Waals surface area contributed by atoms with Gasteiger partial charge in [0.05, 0.1) is 38.6 Å². The number of carbonyl (C=O) groups excluding carboxylic acids is 2. The minimum atomic E-state index is -0.364. The summed E-state index contributed by atoms with van der Waals surface area (Å²) in [6.07, 6.45) is 5.02. The number of aromatic nitrogens is 1. The predicted molar refractivity (Wildman–Crippen MR) is 195 cm³/mol. The lowest BCUT2D eigenvalue weighted by atomic mass is 9.95. The molecule has 1 aliphatic heterocycles. The fraction of sp³-hybridized carbons (Fsp3) is 0.395. The number of hydrogen-bond donors (Lipinski definition) is 3. The number of benzene rings is 2. The van der Waals surface area contributed by atoms with E-state index in [9.17, 15) is 14.4 Å². The van der Waals surface area contributed by atoms with E-state index in [4.69, 9.17) is 14.2 Å². The molecule has 3 aromatic carbocycles. The van der Waals surface area contributed by atoms with E-state index in [-0.39, 0.29) is 23.3 Å². The van der Waals surface area contributed by atoms with Crippen LogP contribution in [0.1, 0.15) is 67.5 Å². The molecule has 6 rings (SSSR count). The highest BCUT2D eigenvalue weighted by Gasteiger charge is 2.30. The minimum Gasteiger partial charge on any atom is -0.493 e. The second-order valence-corrected chi connectivity index (χ2v) is 13.5. The van der Waals surface area contributed by atoms with Gasteiger partial charge < -0.3 is 34.7 Å². The molecular weight excluding hydrogens is 688 g/mol. The zero-order valence-corrected chi connectivity index (χ0v) is 30.1. The van der Waals surface area contributed by atoms with Crippen LogP contribution in [-0.4, -0.2) is 56.1 Å². The summed E-state index contributed by atoms with van der Waals surface area (Å²) in [7, 11) is 4.73. The third-order valence-electron chi connectivity index (χ3n) is 9.61. The van der Waals surface area contributed by atoms with Crippen LogP contribution in [0.5, 0.6) is 17.2 Å². The van der Waals surface area contributed by atoms with Gasteiger partial charge in [-0.25, -0.2) is 0 Å². The van der Waals surface area contributed by atoms with Gasteiger partial charge in [0.25, 0.3) is 0 Å². The van der Waals surface area contributed by atoms with Gasteiger partial charge in [-0.1, -0.05) is 24.6 Å². The van der Waals surface area contributed by atoms with E-state index in [0.717, 1.165) is 64.5 Å². The lowest BCUT2D eigenvalue weighted by molar-refractivity contribution is -0.132. The first-order chi connectivity index (χ1) is 23.7. The Morgan fingerprint density at radius 2 is 1.82 bits per heavy atom. The molecule has 1 aromatic heterocycles. The van der Waals surface area contributed by atoms with E-state index in [1.807, 2.05) is 29.2 Å². The molecule has 0 bridgehead atoms. The van der Waals surface area contributed by atoms with Crippen LogP contribution in [0.3, 0.4) is 0 Å². The molecule has 11 heteroatoms. The number of hydrogen-bond acceptors (Lipinski definition) is 7. The molecule has 1 aliphatic carbocycles. The number of aryl methyl sites for hydroxylation is 1. The number of H-pyrrole nitrogens is 1. The van der Waals surface area contributed by atoms with Crippen molar-refractivity contribution in [3.8, 4) is 28.4 Å². The predicted octanol–water partition coefficient (Wildman–Crippen LogP) is 6.66. The number of nitrogens with one attached hydrogen (secondary N) is 3. The summed E-state index contributed by atoms with van der Waals surface area (Å²) in [5.74, 6) is 1.55. The molecule has 10 nitrogen and oxygen atoms in total. The largest absolute Gasteiger partial charge is 0.493 e. The van der Waals surface area contributed by atoms with Gasteiger partial charge in [0.2, 0.25) is 23.0 Å². The molecule has 2 heterocycles. The molecule has 2 aliphatic rings. The van der Waals surface area contributed by atoms with E-state index in [1.54, 1.807) is 33.5 Å². The number of anilines is 1. The zero-order chi connectivity index (χ0) is 34.7. The quantitative estimate of drug-likeness (QED) is 0.148. The van der Waals surface area contributed by atoms with Crippen molar-refractivity contribution in [1.29, 1.82) is 0 Å². The van der Waals surface area contributed by atoms with Gasteiger partial charge in [0, 0.05) is 66.1 Å². The molecule has 3 N–H and O–H groups in total. The molecular formula is C38H43BrN4O6. The van der Waals surface area contributed by atoms with Crippen molar-refractivity contribution in [2.45, 2.75) is 64.5 Å². The molecule has 2 amide bonds. The number of methoxy groups -OCH3 is 3. The molecule has 0 saturated heterocycles. The number of carbonyl (C=O) groups is 2. The maximum Gasteiger partial charge on any atom is 0.222 e. The maximum absolute atomic E-state index is 13.6. The Hall–Kier alpha value is -4.51. The topological polar surface area (TPSA) is 122 Å². The SMILES string of the molecule is COc1cc2c(c(OC)c1OC)-c1ccc(NCCCCCC(=O)N3CCc4[nH]c5c(Br)cccc5c4C3)c(=O)cc1[C@H](NC(C)=O)CC2. The third kappa shape index (κ3) is 6.99. The van der Waals surface area contributed by atoms with Crippen LogP contribution in [0.25, 0.3) is 22.0 Å². The Morgan fingerprint density at radius 1 is 1.00 bits per heavy atom. The first kappa shape index (κ1) is 34.4. The maximum atomic E-state index is 13.6. The van der Waals surface area contributed by atoms with Crippen LogP contribution in [0.15, 0.2) is 51.7 Å². The van der Waals surface area contributed by atoms with E-state index < -0.39 is 0 Å². The van der Waals surface area contributed by atoms with Crippen LogP contribution in [0.4, 0.5) is 5.69 Å². The number of amides is 2. The lowest BCUT2D eigenvalue weighted by Crippen LogP contribution is -2.35. The minimum absolute atomic E-state index is 0.163. The van der Waals surface area contributed by atoms with Crippen LogP contribution in [0, 0.1) is 0 Å². The van der Waals surface area contributed by atoms with Crippen molar-refractivity contribution in [2.75, 3.05) is 39.7 Å². The van der Waals surface area contributed by atoms with Crippen molar-refractivity contribution < 1.29 is 23.8 Å². The molecule has 0 saturated carbocycles. The Labute approximate surface area is 294 Å². The van der Waals surface area contributed by atoms with E-state index in [0.29, 0.717) is 55.3 Å². The summed E-state index contributed by atoms with van der Waals surface area (Å²) in [5.41, 5.74) is 7.14. The number of ether oxygens (including phenoxy) is 3. The van der Waals surface area contributed by atoms with Gasteiger partial charge in [0.15, 0.2) is 11.5 Å². The standard InChI is InChI=1S/C38H43BrN4O6/c1-22(44)41-29-14-12-23-19-33(47-2)37(48-3)38(49-4)35(23)24-13-15-31(32(45)20-26(24)29)40-17-7-5-6-11-34(46)43-18-16-30-27(21-43)25-9-8-10-28(39)36(25)42-30/h8-10,13,15,19-20,29,42H,5-7,11-12,14,16-18,21H2,1-4H3,(H,40,45)(H,41,44)/t29-/m1/s1. The van der Waals surface area contributed by atoms with Crippen molar-refractivity contribution in [3.05, 3.63) is 79.5 Å². The molecule has 258 valence electrons. The van der Waals surface area contributed by atoms with Crippen molar-refractivity contribution in [1.82, 2.24) is 15.2 Å². The van der Waals surface area contributed by atoms with Gasteiger partial charge in [-0.05, 0) is 82.6 Å². The molecule has 0 spiro atoms. The van der Waals surface area contributed by atoms with E-state index in [1.165, 1.54) is 23.6 Å². The van der Waals surface area contributed by atoms with Gasteiger partial charge >= 0.3 is 0 Å². The number of nitrogens with zero attached hydrogens (tertiary/aromatic N) is 1. The highest BCUT2D eigenvalue weighted by molar-refractivity contribution is 9.10. The summed E-state index contributed by atoms with van der Waals surface area (Å²) in [6.45, 7) is 3.43. The highest BCUT2D eigenvalue weighted by Crippen LogP contribution is 2.50. The normalized spacial score (nSPS) is 15.0. The second kappa shape index (κ2) is 14.9. The molecule has 49 heavy (non-hydrogen) atoms. The summed E-state index contributed by atoms with van der Waals surface area (Å²) in [5, 5.41) is 7.54. The lowest BCUT2D eigenvalue weighted by Gasteiger charge is -2.27. The second-order valence-electron chi connectivity index (χ2n) is 12.6. The van der Waals surface area contributed by atoms with E-state index >= 15 is 0 Å². The number of unbranched alkanes of at least 4 members (excludes halogenated alkanes) is 2. The molecule has 1 atom stereocenters. The summed E-state index contributed by atoms with van der Waals surface area (Å²) < 4.78 is 18.2. The third-order valence-corrected chi connectivity index (χ3v) is 10.3. The van der Waals surface area contributed by atoms with Crippen molar-refractivity contribution in [2.24, 2.45) is 0 Å². The van der Waals surface area contributed by atoms with Gasteiger partial charge in [-0.15, -0.1) is 0 Å². The van der Waals surface area contributed by atoms with Crippen LogP contribution in [-0.2, 0) is 29.0 Å². The van der Waals surface area contributed by atoms with Crippen molar-refractivity contribution >= 4 is 44.3 Å². The van der Waals surface area contributed by atoms with E-state index in [2.05, 4.69) is 37.6 Å². The molecule has 4 aromatic rings. The summed E-state index contributed by atoms with van der Waals surface area (Å²) >= 11 is 3.63. The first-order valence-electron chi connectivity index (χ1n) is 16.8. The Morgan fingerprint density at radius 3 is 2.57 bits per heavy atom. The summed E-state index contributed by atoms with van der Waals surface area (Å²) in [6, 6.07) is 13.1. The molecule has 0 fully saturated rings. The highest BCUT2D eigenvalue weighted by atomic mass is 79.9. The monoisotopic (exact) mass is 730 g/mol.